The van der Waals surface area contributed by atoms with Gasteiger partial charge in [0.1, 0.15) is 17.4 Å². The molecule has 6 nitrogen and oxygen atoms in total. The van der Waals surface area contributed by atoms with Crippen molar-refractivity contribution in [1.29, 1.82) is 5.26 Å². The lowest BCUT2D eigenvalue weighted by atomic mass is 10.1. The van der Waals surface area contributed by atoms with Crippen LogP contribution in [0.5, 0.6) is 0 Å². The number of likely N-dealkylation sites (tertiary alicyclic amines) is 1. The van der Waals surface area contributed by atoms with Crippen LogP contribution in [0.2, 0.25) is 0 Å². The van der Waals surface area contributed by atoms with Crippen molar-refractivity contribution in [1.82, 2.24) is 4.90 Å². The maximum absolute atomic E-state index is 12.0. The number of amides is 1. The molecule has 20 heavy (non-hydrogen) atoms. The van der Waals surface area contributed by atoms with Crippen LogP contribution in [-0.2, 0) is 4.79 Å². The molecule has 0 bridgehead atoms. The van der Waals surface area contributed by atoms with E-state index < -0.39 is 0 Å². The van der Waals surface area contributed by atoms with Gasteiger partial charge in [0.2, 0.25) is 11.8 Å². The first-order valence-corrected chi connectivity index (χ1v) is 6.71. The molecule has 1 amide bonds. The predicted molar refractivity (Wildman–Crippen MR) is 73.2 cm³/mol. The summed E-state index contributed by atoms with van der Waals surface area (Å²) >= 11 is 0. The van der Waals surface area contributed by atoms with E-state index in [4.69, 9.17) is 9.68 Å². The summed E-state index contributed by atoms with van der Waals surface area (Å²) in [5.74, 6) is 0.611. The van der Waals surface area contributed by atoms with Crippen molar-refractivity contribution in [3.63, 3.8) is 0 Å². The molecule has 0 radical (unpaired) electrons. The van der Waals surface area contributed by atoms with Crippen LogP contribution in [0.3, 0.4) is 0 Å². The smallest absolute Gasteiger partial charge is 0.240 e. The fraction of sp³-hybridized carbons (Fsp3) is 0.571. The standard InChI is InChI=1S/C14H19N3O3/c1-9-10(2)20-14(12(9)6-15)16-13(19)8-17-5-3-4-11(18)7-17/h11,18H,3-5,7-8H2,1-2H3,(H,16,19)/t11-/m0/s1. The highest BCUT2D eigenvalue weighted by atomic mass is 16.4. The van der Waals surface area contributed by atoms with E-state index in [0.29, 0.717) is 17.9 Å². The van der Waals surface area contributed by atoms with Gasteiger partial charge < -0.3 is 9.52 Å². The summed E-state index contributed by atoms with van der Waals surface area (Å²) in [7, 11) is 0. The van der Waals surface area contributed by atoms with Crippen LogP contribution >= 0.6 is 0 Å². The molecule has 1 saturated heterocycles. The van der Waals surface area contributed by atoms with Crippen LogP contribution < -0.4 is 5.32 Å². The Morgan fingerprint density at radius 1 is 1.60 bits per heavy atom. The Balaban J connectivity index is 1.98. The lowest BCUT2D eigenvalue weighted by Crippen LogP contribution is -2.42. The maximum atomic E-state index is 12.0. The minimum Gasteiger partial charge on any atom is -0.444 e. The summed E-state index contributed by atoms with van der Waals surface area (Å²) < 4.78 is 5.39. The molecule has 1 aliphatic heterocycles. The highest BCUT2D eigenvalue weighted by Gasteiger charge is 2.21. The van der Waals surface area contributed by atoms with Crippen molar-refractivity contribution in [3.8, 4) is 6.07 Å². The molecule has 1 aromatic heterocycles. The summed E-state index contributed by atoms with van der Waals surface area (Å²) in [5, 5.41) is 21.3. The zero-order valence-electron chi connectivity index (χ0n) is 11.8. The van der Waals surface area contributed by atoms with Gasteiger partial charge in [-0.3, -0.25) is 15.0 Å². The highest BCUT2D eigenvalue weighted by Crippen LogP contribution is 2.25. The molecule has 2 rings (SSSR count). The van der Waals surface area contributed by atoms with Crippen molar-refractivity contribution in [2.45, 2.75) is 32.8 Å². The van der Waals surface area contributed by atoms with Gasteiger partial charge in [-0.1, -0.05) is 0 Å². The van der Waals surface area contributed by atoms with E-state index in [1.54, 1.807) is 13.8 Å². The zero-order chi connectivity index (χ0) is 14.7. The lowest BCUT2D eigenvalue weighted by molar-refractivity contribution is -0.118. The molecule has 1 atom stereocenters. The highest BCUT2D eigenvalue weighted by molar-refractivity contribution is 5.92. The van der Waals surface area contributed by atoms with E-state index in [-0.39, 0.29) is 24.4 Å². The summed E-state index contributed by atoms with van der Waals surface area (Å²) in [4.78, 5) is 13.9. The summed E-state index contributed by atoms with van der Waals surface area (Å²) in [6.07, 6.45) is 1.31. The van der Waals surface area contributed by atoms with E-state index in [9.17, 15) is 9.90 Å². The third kappa shape index (κ3) is 3.18. The van der Waals surface area contributed by atoms with E-state index in [0.717, 1.165) is 24.9 Å². The van der Waals surface area contributed by atoms with Crippen molar-refractivity contribution in [2.75, 3.05) is 25.0 Å². The van der Waals surface area contributed by atoms with Crippen LogP contribution in [0.15, 0.2) is 4.42 Å². The number of anilines is 1. The van der Waals surface area contributed by atoms with E-state index in [1.807, 2.05) is 11.0 Å². The third-order valence-corrected chi connectivity index (χ3v) is 3.60. The number of β-amino-alcohol motifs (C(OH)–C–C–N with tert-alkyl or cyclic N) is 1. The van der Waals surface area contributed by atoms with E-state index >= 15 is 0 Å². The molecule has 6 heteroatoms. The number of furan rings is 1. The fourth-order valence-corrected chi connectivity index (χ4v) is 2.39. The first-order valence-electron chi connectivity index (χ1n) is 6.71. The average molecular weight is 277 g/mol. The number of aliphatic hydroxyl groups excluding tert-OH is 1. The number of hydrogen-bond donors (Lipinski definition) is 2. The quantitative estimate of drug-likeness (QED) is 0.865. The Morgan fingerprint density at radius 3 is 3.00 bits per heavy atom. The van der Waals surface area contributed by atoms with Crippen molar-refractivity contribution in [2.24, 2.45) is 0 Å². The number of hydrogen-bond acceptors (Lipinski definition) is 5. The minimum atomic E-state index is -0.362. The number of piperidine rings is 1. The van der Waals surface area contributed by atoms with E-state index in [2.05, 4.69) is 5.32 Å². The van der Waals surface area contributed by atoms with Gasteiger partial charge in [-0.05, 0) is 33.2 Å². The number of nitrogens with one attached hydrogen (secondary N) is 1. The van der Waals surface area contributed by atoms with Gasteiger partial charge in [0.05, 0.1) is 12.6 Å². The average Bonchev–Trinajstić information content (AvgIpc) is 2.64. The topological polar surface area (TPSA) is 89.5 Å². The lowest BCUT2D eigenvalue weighted by Gasteiger charge is -2.29. The molecule has 0 spiro atoms. The summed E-state index contributed by atoms with van der Waals surface area (Å²) in [5.41, 5.74) is 1.12. The molecule has 0 saturated carbocycles. The molecule has 2 heterocycles. The number of aliphatic hydroxyl groups is 1. The van der Waals surface area contributed by atoms with Crippen molar-refractivity contribution in [3.05, 3.63) is 16.9 Å². The Bertz CT molecular complexity index is 545. The molecule has 1 fully saturated rings. The maximum Gasteiger partial charge on any atom is 0.240 e. The molecule has 0 unspecified atom stereocenters. The molecule has 0 aromatic carbocycles. The molecule has 0 aliphatic carbocycles. The molecular formula is C14H19N3O3. The number of carbonyl (C=O) groups is 1. The minimum absolute atomic E-state index is 0.195. The number of aryl methyl sites for hydroxylation is 1. The molecule has 1 aromatic rings. The van der Waals surface area contributed by atoms with Gasteiger partial charge in [0.25, 0.3) is 0 Å². The van der Waals surface area contributed by atoms with Gasteiger partial charge in [0.15, 0.2) is 0 Å². The van der Waals surface area contributed by atoms with Gasteiger partial charge in [-0.2, -0.15) is 5.26 Å². The summed E-state index contributed by atoms with van der Waals surface area (Å²) in [6.45, 7) is 5.04. The Kier molecular flexibility index (Phi) is 4.42. The van der Waals surface area contributed by atoms with Crippen molar-refractivity contribution < 1.29 is 14.3 Å². The number of rotatable bonds is 3. The summed E-state index contributed by atoms with van der Waals surface area (Å²) in [6, 6.07) is 2.04. The van der Waals surface area contributed by atoms with Crippen LogP contribution in [0.1, 0.15) is 29.7 Å². The normalized spacial score (nSPS) is 19.6. The van der Waals surface area contributed by atoms with Crippen LogP contribution in [0.4, 0.5) is 5.88 Å². The molecule has 108 valence electrons. The van der Waals surface area contributed by atoms with Gasteiger partial charge in [-0.25, -0.2) is 0 Å². The van der Waals surface area contributed by atoms with Gasteiger partial charge >= 0.3 is 0 Å². The third-order valence-electron chi connectivity index (χ3n) is 3.60. The first-order chi connectivity index (χ1) is 9.51. The predicted octanol–water partition coefficient (Wildman–Crippen LogP) is 1.16. The van der Waals surface area contributed by atoms with Crippen LogP contribution in [-0.4, -0.2) is 41.7 Å². The zero-order valence-corrected chi connectivity index (χ0v) is 11.8. The van der Waals surface area contributed by atoms with Crippen LogP contribution in [0.25, 0.3) is 0 Å². The number of nitrogens with zero attached hydrogens (tertiary/aromatic N) is 2. The fourth-order valence-electron chi connectivity index (χ4n) is 2.39. The Labute approximate surface area is 118 Å². The molecule has 2 N–H and O–H groups in total. The second-order valence-electron chi connectivity index (χ2n) is 5.18. The Morgan fingerprint density at radius 2 is 2.35 bits per heavy atom. The van der Waals surface area contributed by atoms with Crippen molar-refractivity contribution >= 4 is 11.8 Å². The Hall–Kier alpha value is -1.84. The second-order valence-corrected chi connectivity index (χ2v) is 5.18. The first kappa shape index (κ1) is 14.6. The van der Waals surface area contributed by atoms with Crippen LogP contribution in [0, 0.1) is 25.2 Å². The number of nitriles is 1. The van der Waals surface area contributed by atoms with Gasteiger partial charge in [0, 0.05) is 12.1 Å². The second kappa shape index (κ2) is 6.07. The number of carbonyl (C=O) groups excluding carboxylic acids is 1. The molecule has 1 aliphatic rings. The van der Waals surface area contributed by atoms with Gasteiger partial charge in [-0.15, -0.1) is 0 Å². The van der Waals surface area contributed by atoms with E-state index in [1.165, 1.54) is 0 Å². The monoisotopic (exact) mass is 277 g/mol. The SMILES string of the molecule is Cc1oc(NC(=O)CN2CCC[C@H](O)C2)c(C#N)c1C. The molecular weight excluding hydrogens is 258 g/mol. The largest absolute Gasteiger partial charge is 0.444 e.